The first-order valence-electron chi connectivity index (χ1n) is 4.57. The zero-order valence-corrected chi connectivity index (χ0v) is 9.30. The van der Waals surface area contributed by atoms with Crippen LogP contribution in [0.4, 0.5) is 0 Å². The molecular weight excluding hydrogens is 226 g/mol. The van der Waals surface area contributed by atoms with Crippen molar-refractivity contribution in [3.8, 4) is 5.75 Å². The number of ether oxygens (including phenoxy) is 1. The van der Waals surface area contributed by atoms with Crippen molar-refractivity contribution < 1.29 is 14.6 Å². The van der Waals surface area contributed by atoms with E-state index in [1.54, 1.807) is 18.2 Å². The minimum atomic E-state index is -0.649. The molecule has 0 saturated carbocycles. The van der Waals surface area contributed by atoms with Gasteiger partial charge in [-0.25, -0.2) is 4.79 Å². The maximum atomic E-state index is 11.4. The molecule has 4 nitrogen and oxygen atoms in total. The van der Waals surface area contributed by atoms with Gasteiger partial charge in [-0.05, 0) is 12.1 Å². The van der Waals surface area contributed by atoms with Gasteiger partial charge in [0.15, 0.2) is 0 Å². The Kier molecular flexibility index (Phi) is 2.62. The number of rotatable bonds is 1. The third-order valence-electron chi connectivity index (χ3n) is 2.28. The van der Waals surface area contributed by atoms with Gasteiger partial charge in [-0.15, -0.1) is 0 Å². The third-order valence-corrected chi connectivity index (χ3v) is 2.59. The minimum absolute atomic E-state index is 0.00352. The summed E-state index contributed by atoms with van der Waals surface area (Å²) >= 11 is 4.99. The van der Waals surface area contributed by atoms with Crippen molar-refractivity contribution in [3.63, 3.8) is 0 Å². The van der Waals surface area contributed by atoms with E-state index in [-0.39, 0.29) is 16.0 Å². The molecule has 1 aromatic carbocycles. The van der Waals surface area contributed by atoms with Crippen LogP contribution in [-0.4, -0.2) is 23.2 Å². The Morgan fingerprint density at radius 3 is 2.81 bits per heavy atom. The van der Waals surface area contributed by atoms with Gasteiger partial charge in [-0.2, -0.15) is 0 Å². The number of H-pyrrole nitrogens is 1. The number of fused-ring (bicyclic) bond motifs is 1. The van der Waals surface area contributed by atoms with Crippen LogP contribution >= 0.6 is 12.2 Å². The summed E-state index contributed by atoms with van der Waals surface area (Å²) in [6.45, 7) is 0. The van der Waals surface area contributed by atoms with Crippen molar-refractivity contribution >= 4 is 29.1 Å². The summed E-state index contributed by atoms with van der Waals surface area (Å²) in [4.78, 5) is 14.3. The number of carbonyl (C=O) groups is 1. The lowest BCUT2D eigenvalue weighted by Crippen LogP contribution is -2.04. The Labute approximate surface area is 96.5 Å². The monoisotopic (exact) mass is 235 g/mol. The lowest BCUT2D eigenvalue weighted by atomic mass is 10.1. The highest BCUT2D eigenvalue weighted by Crippen LogP contribution is 2.28. The Bertz CT molecular complexity index is 618. The van der Waals surface area contributed by atoms with Crippen LogP contribution in [0.1, 0.15) is 10.4 Å². The molecule has 2 N–H and O–H groups in total. The number of methoxy groups -OCH3 is 1. The molecule has 16 heavy (non-hydrogen) atoms. The maximum absolute atomic E-state index is 11.4. The summed E-state index contributed by atoms with van der Waals surface area (Å²) in [6.07, 6.45) is 0. The van der Waals surface area contributed by atoms with Gasteiger partial charge in [0.25, 0.3) is 0 Å². The van der Waals surface area contributed by atoms with Gasteiger partial charge >= 0.3 is 5.97 Å². The van der Waals surface area contributed by atoms with Crippen LogP contribution in [0.2, 0.25) is 0 Å². The largest absolute Gasteiger partial charge is 0.506 e. The second-order valence-electron chi connectivity index (χ2n) is 3.21. The van der Waals surface area contributed by atoms with Crippen LogP contribution in [0.15, 0.2) is 24.3 Å². The number of hydrogen-bond acceptors (Lipinski definition) is 4. The van der Waals surface area contributed by atoms with Crippen molar-refractivity contribution in [1.29, 1.82) is 0 Å². The van der Waals surface area contributed by atoms with Gasteiger partial charge in [0.05, 0.1) is 12.6 Å². The molecule has 0 bridgehead atoms. The number of esters is 1. The average molecular weight is 235 g/mol. The number of nitrogens with one attached hydrogen (secondary N) is 1. The molecule has 0 aliphatic heterocycles. The van der Waals surface area contributed by atoms with E-state index in [0.29, 0.717) is 10.9 Å². The molecule has 2 aromatic rings. The van der Waals surface area contributed by atoms with E-state index in [4.69, 9.17) is 12.2 Å². The van der Waals surface area contributed by atoms with Crippen molar-refractivity contribution in [2.75, 3.05) is 7.11 Å². The fraction of sp³-hybridized carbons (Fsp3) is 0.0909. The SMILES string of the molecule is COC(=O)c1c(O)c2ccccc2[nH]c1=S. The topological polar surface area (TPSA) is 62.3 Å². The minimum Gasteiger partial charge on any atom is -0.506 e. The molecule has 0 atom stereocenters. The normalized spacial score (nSPS) is 10.3. The number of hydrogen-bond donors (Lipinski definition) is 2. The Balaban J connectivity index is 2.86. The van der Waals surface area contributed by atoms with Gasteiger partial charge in [0, 0.05) is 5.39 Å². The molecule has 0 aliphatic rings. The van der Waals surface area contributed by atoms with E-state index >= 15 is 0 Å². The molecule has 0 aliphatic carbocycles. The van der Waals surface area contributed by atoms with Crippen molar-refractivity contribution in [2.24, 2.45) is 0 Å². The first-order valence-corrected chi connectivity index (χ1v) is 4.98. The van der Waals surface area contributed by atoms with E-state index < -0.39 is 5.97 Å². The lowest BCUT2D eigenvalue weighted by molar-refractivity contribution is 0.0596. The highest BCUT2D eigenvalue weighted by Gasteiger charge is 2.16. The molecule has 0 spiro atoms. The smallest absolute Gasteiger partial charge is 0.344 e. The number of para-hydroxylation sites is 1. The fourth-order valence-corrected chi connectivity index (χ4v) is 1.81. The summed E-state index contributed by atoms with van der Waals surface area (Å²) in [5.74, 6) is -0.796. The van der Waals surface area contributed by atoms with E-state index in [2.05, 4.69) is 9.72 Å². The van der Waals surface area contributed by atoms with E-state index in [0.717, 1.165) is 0 Å². The number of pyridine rings is 1. The van der Waals surface area contributed by atoms with E-state index in [9.17, 15) is 9.90 Å². The van der Waals surface area contributed by atoms with Gasteiger partial charge in [-0.3, -0.25) is 0 Å². The van der Waals surface area contributed by atoms with Crippen LogP contribution in [0.3, 0.4) is 0 Å². The first-order chi connectivity index (χ1) is 7.65. The molecule has 1 heterocycles. The zero-order valence-electron chi connectivity index (χ0n) is 8.48. The highest BCUT2D eigenvalue weighted by molar-refractivity contribution is 7.71. The molecular formula is C11H9NO3S. The van der Waals surface area contributed by atoms with Gasteiger partial charge in [0.2, 0.25) is 0 Å². The number of aromatic amines is 1. The van der Waals surface area contributed by atoms with Crippen LogP contribution in [0.25, 0.3) is 10.9 Å². The van der Waals surface area contributed by atoms with Crippen LogP contribution in [0, 0.1) is 4.64 Å². The first kappa shape index (κ1) is 10.6. The van der Waals surface area contributed by atoms with Crippen LogP contribution in [-0.2, 0) is 4.74 Å². The molecule has 82 valence electrons. The van der Waals surface area contributed by atoms with Gasteiger partial charge in [0.1, 0.15) is 16.0 Å². The van der Waals surface area contributed by atoms with Crippen LogP contribution in [0.5, 0.6) is 5.75 Å². The predicted octanol–water partition coefficient (Wildman–Crippen LogP) is 2.39. The molecule has 0 fully saturated rings. The van der Waals surface area contributed by atoms with Gasteiger partial charge < -0.3 is 14.8 Å². The lowest BCUT2D eigenvalue weighted by Gasteiger charge is -2.06. The Hall–Kier alpha value is -1.88. The van der Waals surface area contributed by atoms with E-state index in [1.165, 1.54) is 7.11 Å². The van der Waals surface area contributed by atoms with Crippen molar-refractivity contribution in [3.05, 3.63) is 34.5 Å². The number of benzene rings is 1. The van der Waals surface area contributed by atoms with Crippen molar-refractivity contribution in [1.82, 2.24) is 4.98 Å². The summed E-state index contributed by atoms with van der Waals surface area (Å²) < 4.78 is 4.73. The Morgan fingerprint density at radius 2 is 2.12 bits per heavy atom. The summed E-state index contributed by atoms with van der Waals surface area (Å²) in [6, 6.07) is 7.04. The van der Waals surface area contributed by atoms with Crippen molar-refractivity contribution in [2.45, 2.75) is 0 Å². The Morgan fingerprint density at radius 1 is 1.44 bits per heavy atom. The average Bonchev–Trinajstić information content (AvgIpc) is 2.28. The standard InChI is InChI=1S/C11H9NO3S/c1-15-11(14)8-9(13)6-4-2-3-5-7(6)12-10(8)16/h2-5H,1H3,(H2,12,13,16). The summed E-state index contributed by atoms with van der Waals surface area (Å²) in [5.41, 5.74) is 0.675. The number of aromatic hydroxyl groups is 1. The molecule has 0 saturated heterocycles. The number of aromatic nitrogens is 1. The second-order valence-corrected chi connectivity index (χ2v) is 3.62. The van der Waals surface area contributed by atoms with Gasteiger partial charge in [-0.1, -0.05) is 24.4 Å². The van der Waals surface area contributed by atoms with E-state index in [1.807, 2.05) is 6.07 Å². The third kappa shape index (κ3) is 1.55. The molecule has 2 rings (SSSR count). The zero-order chi connectivity index (χ0) is 11.7. The molecule has 5 heteroatoms. The predicted molar refractivity (Wildman–Crippen MR) is 62.1 cm³/mol. The van der Waals surface area contributed by atoms with Crippen LogP contribution < -0.4 is 0 Å². The highest BCUT2D eigenvalue weighted by atomic mass is 32.1. The number of carbonyl (C=O) groups excluding carboxylic acids is 1. The fourth-order valence-electron chi connectivity index (χ4n) is 1.52. The maximum Gasteiger partial charge on any atom is 0.344 e. The molecule has 0 radical (unpaired) electrons. The molecule has 0 amide bonds. The molecule has 1 aromatic heterocycles. The summed E-state index contributed by atoms with van der Waals surface area (Å²) in [7, 11) is 1.24. The summed E-state index contributed by atoms with van der Waals surface area (Å²) in [5, 5.41) is 10.5. The quantitative estimate of drug-likeness (QED) is 0.588. The molecule has 0 unspecified atom stereocenters. The second kappa shape index (κ2) is 3.94.